The lowest BCUT2D eigenvalue weighted by molar-refractivity contribution is 0.353. The number of halogens is 2. The van der Waals surface area contributed by atoms with Crippen molar-refractivity contribution in [3.63, 3.8) is 0 Å². The molecule has 0 radical (unpaired) electrons. The number of sulfonamides is 1. The van der Waals surface area contributed by atoms with E-state index in [1.165, 1.54) is 32.4 Å². The van der Waals surface area contributed by atoms with E-state index in [9.17, 15) is 8.42 Å². The number of nitrogens with zero attached hydrogens (tertiary/aromatic N) is 2. The lowest BCUT2D eigenvalue weighted by Gasteiger charge is -2.12. The highest BCUT2D eigenvalue weighted by Gasteiger charge is 2.17. The summed E-state index contributed by atoms with van der Waals surface area (Å²) in [6.07, 6.45) is 0. The van der Waals surface area contributed by atoms with Gasteiger partial charge >= 0.3 is 6.01 Å². The van der Waals surface area contributed by atoms with Gasteiger partial charge in [0.2, 0.25) is 5.88 Å². The Morgan fingerprint density at radius 1 is 0.906 bits per heavy atom. The number of rotatable bonds is 7. The van der Waals surface area contributed by atoms with Gasteiger partial charge in [0.25, 0.3) is 10.0 Å². The average molecular weight is 514 g/mol. The number of benzene rings is 2. The van der Waals surface area contributed by atoms with E-state index in [0.29, 0.717) is 21.4 Å². The van der Waals surface area contributed by atoms with Crippen molar-refractivity contribution in [2.75, 3.05) is 29.6 Å². The standard InChI is InChI=1S/C19H17Cl2N5O4S2/c1-29-17-10-16(24-18(25-17)30-2)26-32(27,28)13-6-3-11(4-7-13)22-19(31)23-12-5-8-14(20)15(21)9-12/h3-10H,1-2H3,(H2,22,23,31)(H,24,25,26). The largest absolute Gasteiger partial charge is 0.481 e. The number of hydrogen-bond donors (Lipinski definition) is 3. The van der Waals surface area contributed by atoms with Gasteiger partial charge < -0.3 is 20.1 Å². The molecule has 0 aliphatic rings. The van der Waals surface area contributed by atoms with E-state index in [-0.39, 0.29) is 27.7 Å². The molecule has 3 N–H and O–H groups in total. The number of hydrogen-bond acceptors (Lipinski definition) is 7. The van der Waals surface area contributed by atoms with Gasteiger partial charge in [0.15, 0.2) is 10.9 Å². The predicted molar refractivity (Wildman–Crippen MR) is 129 cm³/mol. The summed E-state index contributed by atoms with van der Waals surface area (Å²) in [7, 11) is -1.16. The van der Waals surface area contributed by atoms with E-state index in [0.717, 1.165) is 0 Å². The van der Waals surface area contributed by atoms with Crippen LogP contribution in [-0.2, 0) is 10.0 Å². The Bertz CT molecular complexity index is 1220. The van der Waals surface area contributed by atoms with Crippen LogP contribution in [0.1, 0.15) is 0 Å². The van der Waals surface area contributed by atoms with E-state index in [4.69, 9.17) is 44.9 Å². The monoisotopic (exact) mass is 513 g/mol. The summed E-state index contributed by atoms with van der Waals surface area (Å²) in [5, 5.41) is 7.03. The van der Waals surface area contributed by atoms with E-state index in [1.807, 2.05) is 0 Å². The zero-order chi connectivity index (χ0) is 23.3. The van der Waals surface area contributed by atoms with Crippen molar-refractivity contribution >= 4 is 67.7 Å². The predicted octanol–water partition coefficient (Wildman–Crippen LogP) is 4.41. The van der Waals surface area contributed by atoms with Crippen LogP contribution in [-0.4, -0.2) is 37.7 Å². The molecule has 0 saturated carbocycles. The highest BCUT2D eigenvalue weighted by atomic mass is 35.5. The molecule has 0 fully saturated rings. The summed E-state index contributed by atoms with van der Waals surface area (Å²) in [6, 6.07) is 12.3. The number of thiocarbonyl (C=S) groups is 1. The maximum absolute atomic E-state index is 12.7. The van der Waals surface area contributed by atoms with Crippen LogP contribution in [0.15, 0.2) is 53.4 Å². The lowest BCUT2D eigenvalue weighted by atomic mass is 10.3. The van der Waals surface area contributed by atoms with Crippen LogP contribution in [0.2, 0.25) is 10.0 Å². The summed E-state index contributed by atoms with van der Waals surface area (Å²) >= 11 is 17.2. The minimum absolute atomic E-state index is 0.00269. The van der Waals surface area contributed by atoms with Crippen molar-refractivity contribution in [1.29, 1.82) is 0 Å². The van der Waals surface area contributed by atoms with Gasteiger partial charge in [-0.3, -0.25) is 4.72 Å². The molecule has 0 aliphatic heterocycles. The third-order valence-electron chi connectivity index (χ3n) is 3.91. The molecule has 3 aromatic rings. The Hall–Kier alpha value is -2.86. The molecular weight excluding hydrogens is 497 g/mol. The van der Waals surface area contributed by atoms with Gasteiger partial charge in [0.1, 0.15) is 0 Å². The number of aromatic nitrogens is 2. The van der Waals surface area contributed by atoms with Crippen LogP contribution in [0.5, 0.6) is 11.9 Å². The highest BCUT2D eigenvalue weighted by molar-refractivity contribution is 7.92. The molecule has 3 rings (SSSR count). The Labute approximate surface area is 200 Å². The van der Waals surface area contributed by atoms with Crippen molar-refractivity contribution in [3.8, 4) is 11.9 Å². The number of nitrogens with one attached hydrogen (secondary N) is 3. The van der Waals surface area contributed by atoms with E-state index >= 15 is 0 Å². The third kappa shape index (κ3) is 6.10. The first-order valence-corrected chi connectivity index (χ1v) is 11.5. The summed E-state index contributed by atoms with van der Waals surface area (Å²) < 4.78 is 37.7. The zero-order valence-electron chi connectivity index (χ0n) is 16.7. The van der Waals surface area contributed by atoms with Gasteiger partial charge in [-0.15, -0.1) is 0 Å². The summed E-state index contributed by atoms with van der Waals surface area (Å²) in [6.45, 7) is 0. The first-order valence-electron chi connectivity index (χ1n) is 8.83. The van der Waals surface area contributed by atoms with Gasteiger partial charge in [-0.25, -0.2) is 8.42 Å². The van der Waals surface area contributed by atoms with Crippen LogP contribution in [0.3, 0.4) is 0 Å². The number of ether oxygens (including phenoxy) is 2. The van der Waals surface area contributed by atoms with Gasteiger partial charge in [-0.05, 0) is 54.7 Å². The van der Waals surface area contributed by atoms with Gasteiger partial charge in [-0.1, -0.05) is 23.2 Å². The topological polar surface area (TPSA) is 114 Å². The van der Waals surface area contributed by atoms with Crippen molar-refractivity contribution in [2.45, 2.75) is 4.90 Å². The molecule has 0 atom stereocenters. The molecular formula is C19H17Cl2N5O4S2. The number of anilines is 3. The fourth-order valence-corrected chi connectivity index (χ4v) is 3.96. The van der Waals surface area contributed by atoms with E-state index in [1.54, 1.807) is 30.3 Å². The first kappa shape index (κ1) is 23.8. The van der Waals surface area contributed by atoms with Crippen LogP contribution in [0.25, 0.3) is 0 Å². The third-order valence-corrected chi connectivity index (χ3v) is 6.23. The molecule has 1 aromatic heterocycles. The SMILES string of the molecule is COc1cc(NS(=O)(=O)c2ccc(NC(=S)Nc3ccc(Cl)c(Cl)c3)cc2)nc(OC)n1. The molecule has 0 amide bonds. The van der Waals surface area contributed by atoms with Crippen molar-refractivity contribution < 1.29 is 17.9 Å². The Balaban J connectivity index is 1.69. The average Bonchev–Trinajstić information content (AvgIpc) is 2.76. The molecule has 0 spiro atoms. The van der Waals surface area contributed by atoms with Crippen LogP contribution >= 0.6 is 35.4 Å². The van der Waals surface area contributed by atoms with E-state index in [2.05, 4.69) is 25.3 Å². The van der Waals surface area contributed by atoms with Crippen LogP contribution in [0.4, 0.5) is 17.2 Å². The van der Waals surface area contributed by atoms with Gasteiger partial charge in [-0.2, -0.15) is 9.97 Å². The zero-order valence-corrected chi connectivity index (χ0v) is 19.9. The Kier molecular flexibility index (Phi) is 7.56. The minimum atomic E-state index is -3.92. The molecule has 2 aromatic carbocycles. The van der Waals surface area contributed by atoms with Gasteiger partial charge in [0, 0.05) is 17.4 Å². The molecule has 0 saturated heterocycles. The summed E-state index contributed by atoms with van der Waals surface area (Å²) in [5.74, 6) is 0.153. The van der Waals surface area contributed by atoms with Crippen molar-refractivity contribution in [3.05, 3.63) is 58.6 Å². The summed E-state index contributed by atoms with van der Waals surface area (Å²) in [5.41, 5.74) is 1.22. The Morgan fingerprint density at radius 2 is 1.56 bits per heavy atom. The second-order valence-corrected chi connectivity index (χ2v) is 9.03. The molecule has 0 unspecified atom stereocenters. The van der Waals surface area contributed by atoms with E-state index < -0.39 is 10.0 Å². The summed E-state index contributed by atoms with van der Waals surface area (Å²) in [4.78, 5) is 7.90. The van der Waals surface area contributed by atoms with Gasteiger partial charge in [0.05, 0.1) is 29.2 Å². The molecule has 13 heteroatoms. The van der Waals surface area contributed by atoms with Crippen LogP contribution in [0, 0.1) is 0 Å². The molecule has 32 heavy (non-hydrogen) atoms. The molecule has 9 nitrogen and oxygen atoms in total. The molecule has 0 aliphatic carbocycles. The molecule has 168 valence electrons. The van der Waals surface area contributed by atoms with Crippen LogP contribution < -0.4 is 24.8 Å². The first-order chi connectivity index (χ1) is 15.2. The highest BCUT2D eigenvalue weighted by Crippen LogP contribution is 2.25. The normalized spacial score (nSPS) is 10.9. The quantitative estimate of drug-likeness (QED) is 0.395. The molecule has 0 bridgehead atoms. The fraction of sp³-hybridized carbons (Fsp3) is 0.105. The Morgan fingerprint density at radius 3 is 2.19 bits per heavy atom. The second-order valence-electron chi connectivity index (χ2n) is 6.12. The minimum Gasteiger partial charge on any atom is -0.481 e. The number of methoxy groups -OCH3 is 2. The van der Waals surface area contributed by atoms with Crippen molar-refractivity contribution in [2.24, 2.45) is 0 Å². The smallest absolute Gasteiger partial charge is 0.321 e. The lowest BCUT2D eigenvalue weighted by Crippen LogP contribution is -2.19. The maximum atomic E-state index is 12.7. The molecule has 1 heterocycles. The second kappa shape index (κ2) is 10.2. The fourth-order valence-electron chi connectivity index (χ4n) is 2.43. The van der Waals surface area contributed by atoms with Crippen molar-refractivity contribution in [1.82, 2.24) is 9.97 Å². The maximum Gasteiger partial charge on any atom is 0.321 e.